The standard InChI is InChI=1S/C14H25NO3/c1-14(2,13(17)18)10-12(16)15-11-8-6-4-3-5-7-9-11/h11H,3-10H2,1-2H3,(H,15,16)(H,17,18). The molecule has 0 spiro atoms. The third-order valence-electron chi connectivity index (χ3n) is 3.65. The van der Waals surface area contributed by atoms with Crippen LogP contribution in [-0.4, -0.2) is 23.0 Å². The van der Waals surface area contributed by atoms with Crippen LogP contribution in [-0.2, 0) is 9.59 Å². The lowest BCUT2D eigenvalue weighted by Crippen LogP contribution is -2.39. The monoisotopic (exact) mass is 255 g/mol. The molecule has 1 rings (SSSR count). The number of aliphatic carboxylic acids is 1. The van der Waals surface area contributed by atoms with Crippen molar-refractivity contribution in [2.75, 3.05) is 0 Å². The highest BCUT2D eigenvalue weighted by Crippen LogP contribution is 2.21. The molecule has 0 heterocycles. The summed E-state index contributed by atoms with van der Waals surface area (Å²) in [5.41, 5.74) is -0.980. The van der Waals surface area contributed by atoms with E-state index >= 15 is 0 Å². The van der Waals surface area contributed by atoms with Gasteiger partial charge in [0.2, 0.25) is 5.91 Å². The van der Waals surface area contributed by atoms with Gasteiger partial charge < -0.3 is 10.4 Å². The van der Waals surface area contributed by atoms with Crippen molar-refractivity contribution in [1.29, 1.82) is 0 Å². The Morgan fingerprint density at radius 1 is 1.11 bits per heavy atom. The van der Waals surface area contributed by atoms with Crippen LogP contribution >= 0.6 is 0 Å². The first kappa shape index (κ1) is 15.0. The van der Waals surface area contributed by atoms with Gasteiger partial charge in [-0.3, -0.25) is 9.59 Å². The molecule has 0 radical (unpaired) electrons. The molecule has 1 fully saturated rings. The zero-order valence-corrected chi connectivity index (χ0v) is 11.5. The third kappa shape index (κ3) is 5.07. The summed E-state index contributed by atoms with van der Waals surface area (Å²) in [4.78, 5) is 22.8. The van der Waals surface area contributed by atoms with E-state index < -0.39 is 11.4 Å². The summed E-state index contributed by atoms with van der Waals surface area (Å²) in [5, 5.41) is 12.0. The van der Waals surface area contributed by atoms with Crippen molar-refractivity contribution in [3.05, 3.63) is 0 Å². The lowest BCUT2D eigenvalue weighted by molar-refractivity contribution is -0.149. The van der Waals surface area contributed by atoms with E-state index in [-0.39, 0.29) is 18.4 Å². The number of hydrogen-bond acceptors (Lipinski definition) is 2. The maximum Gasteiger partial charge on any atom is 0.309 e. The number of carbonyl (C=O) groups excluding carboxylic acids is 1. The summed E-state index contributed by atoms with van der Waals surface area (Å²) in [6, 6.07) is 0.238. The fraction of sp³-hybridized carbons (Fsp3) is 0.857. The van der Waals surface area contributed by atoms with E-state index in [4.69, 9.17) is 5.11 Å². The minimum Gasteiger partial charge on any atom is -0.481 e. The van der Waals surface area contributed by atoms with Crippen LogP contribution in [0.3, 0.4) is 0 Å². The van der Waals surface area contributed by atoms with E-state index in [2.05, 4.69) is 5.32 Å². The predicted octanol–water partition coefficient (Wildman–Crippen LogP) is 2.72. The van der Waals surface area contributed by atoms with Gasteiger partial charge in [-0.15, -0.1) is 0 Å². The predicted molar refractivity (Wildman–Crippen MR) is 70.3 cm³/mol. The van der Waals surface area contributed by atoms with Gasteiger partial charge in [0.25, 0.3) is 0 Å². The first-order valence-corrected chi connectivity index (χ1v) is 6.94. The van der Waals surface area contributed by atoms with Gasteiger partial charge in [0.1, 0.15) is 0 Å². The summed E-state index contributed by atoms with van der Waals surface area (Å²) in [6.07, 6.45) is 8.21. The summed E-state index contributed by atoms with van der Waals surface area (Å²) in [7, 11) is 0. The molecule has 0 aliphatic heterocycles. The second kappa shape index (κ2) is 6.76. The van der Waals surface area contributed by atoms with Gasteiger partial charge in [-0.2, -0.15) is 0 Å². The third-order valence-corrected chi connectivity index (χ3v) is 3.65. The van der Waals surface area contributed by atoms with Crippen LogP contribution in [0, 0.1) is 5.41 Å². The first-order chi connectivity index (χ1) is 8.42. The Bertz CT molecular complexity index is 291. The highest BCUT2D eigenvalue weighted by molar-refractivity contribution is 5.84. The lowest BCUT2D eigenvalue weighted by Gasteiger charge is -2.24. The van der Waals surface area contributed by atoms with Crippen molar-refractivity contribution < 1.29 is 14.7 Å². The molecule has 104 valence electrons. The molecule has 0 aromatic rings. The Kier molecular flexibility index (Phi) is 5.63. The van der Waals surface area contributed by atoms with Gasteiger partial charge in [-0.1, -0.05) is 32.1 Å². The van der Waals surface area contributed by atoms with E-state index in [1.165, 1.54) is 19.3 Å². The number of amides is 1. The average molecular weight is 255 g/mol. The van der Waals surface area contributed by atoms with Gasteiger partial charge in [0, 0.05) is 12.5 Å². The van der Waals surface area contributed by atoms with Crippen molar-refractivity contribution in [1.82, 2.24) is 5.32 Å². The van der Waals surface area contributed by atoms with Gasteiger partial charge >= 0.3 is 5.97 Å². The fourth-order valence-electron chi connectivity index (χ4n) is 2.36. The van der Waals surface area contributed by atoms with Crippen LogP contribution in [0.25, 0.3) is 0 Å². The number of hydrogen-bond donors (Lipinski definition) is 2. The van der Waals surface area contributed by atoms with Crippen molar-refractivity contribution in [2.45, 2.75) is 71.3 Å². The van der Waals surface area contributed by atoms with Gasteiger partial charge in [0.15, 0.2) is 0 Å². The number of nitrogens with one attached hydrogen (secondary N) is 1. The molecule has 1 aliphatic carbocycles. The molecule has 0 aromatic carbocycles. The summed E-state index contributed by atoms with van der Waals surface area (Å²) in [5.74, 6) is -1.05. The Balaban J connectivity index is 2.40. The smallest absolute Gasteiger partial charge is 0.309 e. The minimum atomic E-state index is -0.980. The molecular weight excluding hydrogens is 230 g/mol. The average Bonchev–Trinajstić information content (AvgIpc) is 2.20. The SMILES string of the molecule is CC(C)(CC(=O)NC1CCCCCCC1)C(=O)O. The molecule has 4 heteroatoms. The zero-order valence-electron chi connectivity index (χ0n) is 11.5. The summed E-state index contributed by atoms with van der Waals surface area (Å²) >= 11 is 0. The van der Waals surface area contributed by atoms with Crippen LogP contribution < -0.4 is 5.32 Å². The van der Waals surface area contributed by atoms with Crippen LogP contribution in [0.1, 0.15) is 65.2 Å². The van der Waals surface area contributed by atoms with Crippen molar-refractivity contribution in [3.8, 4) is 0 Å². The molecule has 1 amide bonds. The lowest BCUT2D eigenvalue weighted by atomic mass is 9.88. The molecule has 0 bridgehead atoms. The van der Waals surface area contributed by atoms with Crippen LogP contribution in [0.2, 0.25) is 0 Å². The normalized spacial score (nSPS) is 18.8. The number of rotatable bonds is 4. The van der Waals surface area contributed by atoms with E-state index in [0.717, 1.165) is 25.7 Å². The molecule has 0 atom stereocenters. The van der Waals surface area contributed by atoms with Crippen LogP contribution in [0.5, 0.6) is 0 Å². The molecule has 18 heavy (non-hydrogen) atoms. The van der Waals surface area contributed by atoms with E-state index in [9.17, 15) is 9.59 Å². The molecule has 1 saturated carbocycles. The van der Waals surface area contributed by atoms with E-state index in [1.54, 1.807) is 13.8 Å². The molecule has 4 nitrogen and oxygen atoms in total. The van der Waals surface area contributed by atoms with Crippen molar-refractivity contribution in [3.63, 3.8) is 0 Å². The van der Waals surface area contributed by atoms with Gasteiger partial charge in [-0.05, 0) is 26.7 Å². The maximum atomic E-state index is 11.9. The Hall–Kier alpha value is -1.06. The molecule has 2 N–H and O–H groups in total. The zero-order chi connectivity index (χ0) is 13.6. The Morgan fingerprint density at radius 2 is 1.61 bits per heavy atom. The largest absolute Gasteiger partial charge is 0.481 e. The molecular formula is C14H25NO3. The van der Waals surface area contributed by atoms with Gasteiger partial charge in [0.05, 0.1) is 5.41 Å². The maximum absolute atomic E-state index is 11.9. The number of carbonyl (C=O) groups is 2. The molecule has 0 saturated heterocycles. The number of carboxylic acids is 1. The molecule has 1 aliphatic rings. The molecule has 0 unspecified atom stereocenters. The second-order valence-corrected chi connectivity index (χ2v) is 5.98. The molecule has 0 aromatic heterocycles. The van der Waals surface area contributed by atoms with Crippen LogP contribution in [0.15, 0.2) is 0 Å². The topological polar surface area (TPSA) is 66.4 Å². The summed E-state index contributed by atoms with van der Waals surface area (Å²) in [6.45, 7) is 3.18. The summed E-state index contributed by atoms with van der Waals surface area (Å²) < 4.78 is 0. The van der Waals surface area contributed by atoms with E-state index in [1.807, 2.05) is 0 Å². The van der Waals surface area contributed by atoms with Crippen molar-refractivity contribution in [2.24, 2.45) is 5.41 Å². The highest BCUT2D eigenvalue weighted by atomic mass is 16.4. The Morgan fingerprint density at radius 3 is 2.11 bits per heavy atom. The van der Waals surface area contributed by atoms with Crippen molar-refractivity contribution >= 4 is 11.9 Å². The first-order valence-electron chi connectivity index (χ1n) is 6.94. The van der Waals surface area contributed by atoms with Crippen LogP contribution in [0.4, 0.5) is 0 Å². The quantitative estimate of drug-likeness (QED) is 0.811. The number of carboxylic acid groups (broad SMARTS) is 1. The highest BCUT2D eigenvalue weighted by Gasteiger charge is 2.30. The fourth-order valence-corrected chi connectivity index (χ4v) is 2.36. The minimum absolute atomic E-state index is 0.0544. The Labute approximate surface area is 109 Å². The second-order valence-electron chi connectivity index (χ2n) is 5.98. The van der Waals surface area contributed by atoms with Gasteiger partial charge in [-0.25, -0.2) is 0 Å². The van der Waals surface area contributed by atoms with E-state index in [0.29, 0.717) is 0 Å².